The van der Waals surface area contributed by atoms with Crippen molar-refractivity contribution in [1.82, 2.24) is 4.57 Å². The van der Waals surface area contributed by atoms with Crippen molar-refractivity contribution in [3.63, 3.8) is 0 Å². The number of carbonyl (C=O) groups is 2. The van der Waals surface area contributed by atoms with Crippen LogP contribution in [0.5, 0.6) is 0 Å². The van der Waals surface area contributed by atoms with Crippen LogP contribution in [0.15, 0.2) is 23.7 Å². The molecule has 2 heterocycles. The molecule has 0 bridgehead atoms. The zero-order valence-electron chi connectivity index (χ0n) is 11.9. The van der Waals surface area contributed by atoms with Gasteiger partial charge in [-0.2, -0.15) is 0 Å². The van der Waals surface area contributed by atoms with Crippen molar-refractivity contribution in [2.24, 2.45) is 0 Å². The van der Waals surface area contributed by atoms with E-state index < -0.39 is 5.97 Å². The van der Waals surface area contributed by atoms with Crippen molar-refractivity contribution in [1.29, 1.82) is 0 Å². The first-order valence-corrected chi connectivity index (χ1v) is 7.37. The van der Waals surface area contributed by atoms with Crippen LogP contribution in [0.2, 0.25) is 0 Å². The van der Waals surface area contributed by atoms with Gasteiger partial charge in [0.25, 0.3) is 5.91 Å². The largest absolute Gasteiger partial charge is 0.465 e. The van der Waals surface area contributed by atoms with Gasteiger partial charge in [0.05, 0.1) is 18.5 Å². The number of nitrogens with two attached hydrogens (primary N) is 1. The third kappa shape index (κ3) is 3.25. The van der Waals surface area contributed by atoms with Gasteiger partial charge in [0.15, 0.2) is 0 Å². The molecule has 6 nitrogen and oxygen atoms in total. The lowest BCUT2D eigenvalue weighted by Gasteiger charge is -2.08. The van der Waals surface area contributed by atoms with E-state index in [2.05, 4.69) is 10.1 Å². The Hall–Kier alpha value is -2.28. The highest BCUT2D eigenvalue weighted by molar-refractivity contribution is 7.12. The number of nitrogen functional groups attached to an aromatic ring is 1. The van der Waals surface area contributed by atoms with Gasteiger partial charge in [-0.15, -0.1) is 11.3 Å². The second kappa shape index (κ2) is 6.45. The quantitative estimate of drug-likeness (QED) is 0.831. The zero-order chi connectivity index (χ0) is 15.4. The van der Waals surface area contributed by atoms with Crippen LogP contribution in [-0.2, 0) is 11.3 Å². The lowest BCUT2D eigenvalue weighted by atomic mass is 10.3. The first-order chi connectivity index (χ1) is 10.1. The van der Waals surface area contributed by atoms with Crippen LogP contribution >= 0.6 is 11.3 Å². The first-order valence-electron chi connectivity index (χ1n) is 6.49. The van der Waals surface area contributed by atoms with Crippen molar-refractivity contribution < 1.29 is 14.3 Å². The summed E-state index contributed by atoms with van der Waals surface area (Å²) in [6.45, 7) is 2.72. The summed E-state index contributed by atoms with van der Waals surface area (Å²) in [7, 11) is 1.31. The average molecular weight is 307 g/mol. The number of rotatable bonds is 5. The summed E-state index contributed by atoms with van der Waals surface area (Å²) in [5.41, 5.74) is 7.19. The molecular weight excluding hydrogens is 290 g/mol. The highest BCUT2D eigenvalue weighted by atomic mass is 32.1. The summed E-state index contributed by atoms with van der Waals surface area (Å²) < 4.78 is 6.48. The number of aromatic nitrogens is 1. The minimum atomic E-state index is -0.469. The molecule has 0 unspecified atom stereocenters. The fraction of sp³-hybridized carbons (Fsp3) is 0.286. The van der Waals surface area contributed by atoms with Gasteiger partial charge < -0.3 is 20.4 Å². The Morgan fingerprint density at radius 3 is 2.90 bits per heavy atom. The van der Waals surface area contributed by atoms with Crippen LogP contribution in [0.1, 0.15) is 33.5 Å². The Labute approximate surface area is 126 Å². The van der Waals surface area contributed by atoms with Crippen LogP contribution in [0.25, 0.3) is 0 Å². The standard InChI is InChI=1S/C14H17N3O3S/c1-3-5-17-8-9(15)7-11(17)13(18)16-10-4-6-21-12(10)14(19)20-2/h4,6-8H,3,5,15H2,1-2H3,(H,16,18). The Balaban J connectivity index is 2.22. The fourth-order valence-corrected chi connectivity index (χ4v) is 2.76. The van der Waals surface area contributed by atoms with E-state index in [9.17, 15) is 9.59 Å². The number of thiophene rings is 1. The van der Waals surface area contributed by atoms with E-state index in [-0.39, 0.29) is 5.91 Å². The minimum Gasteiger partial charge on any atom is -0.465 e. The lowest BCUT2D eigenvalue weighted by molar-refractivity contribution is 0.0607. The molecule has 0 saturated carbocycles. The predicted molar refractivity (Wildman–Crippen MR) is 82.7 cm³/mol. The molecule has 0 aliphatic carbocycles. The van der Waals surface area contributed by atoms with Gasteiger partial charge in [-0.1, -0.05) is 6.92 Å². The summed E-state index contributed by atoms with van der Waals surface area (Å²) in [6, 6.07) is 3.29. The molecule has 21 heavy (non-hydrogen) atoms. The van der Waals surface area contributed by atoms with Gasteiger partial charge in [0.2, 0.25) is 0 Å². The van der Waals surface area contributed by atoms with E-state index in [0.29, 0.717) is 28.5 Å². The van der Waals surface area contributed by atoms with Gasteiger partial charge in [-0.25, -0.2) is 4.79 Å². The fourth-order valence-electron chi connectivity index (χ4n) is 1.99. The Bertz CT molecular complexity index is 660. The second-order valence-electron chi connectivity index (χ2n) is 4.46. The molecule has 0 aliphatic heterocycles. The van der Waals surface area contributed by atoms with E-state index >= 15 is 0 Å². The molecule has 0 spiro atoms. The van der Waals surface area contributed by atoms with Crippen molar-refractivity contribution in [3.8, 4) is 0 Å². The van der Waals surface area contributed by atoms with Gasteiger partial charge in [-0.3, -0.25) is 4.79 Å². The highest BCUT2D eigenvalue weighted by Crippen LogP contribution is 2.24. The number of carbonyl (C=O) groups excluding carboxylic acids is 2. The van der Waals surface area contributed by atoms with Crippen LogP contribution in [0, 0.1) is 0 Å². The van der Waals surface area contributed by atoms with Gasteiger partial charge in [-0.05, 0) is 23.9 Å². The molecule has 2 rings (SSSR count). The van der Waals surface area contributed by atoms with E-state index in [4.69, 9.17) is 5.73 Å². The van der Waals surface area contributed by atoms with Gasteiger partial charge in [0, 0.05) is 12.7 Å². The summed E-state index contributed by atoms with van der Waals surface area (Å²) in [4.78, 5) is 24.3. The monoisotopic (exact) mass is 307 g/mol. The topological polar surface area (TPSA) is 86.4 Å². The van der Waals surface area contributed by atoms with Gasteiger partial charge >= 0.3 is 5.97 Å². The number of amides is 1. The number of nitrogens with zero attached hydrogens (tertiary/aromatic N) is 1. The highest BCUT2D eigenvalue weighted by Gasteiger charge is 2.18. The maximum absolute atomic E-state index is 12.3. The molecule has 2 aromatic heterocycles. The van der Waals surface area contributed by atoms with Crippen LogP contribution in [0.3, 0.4) is 0 Å². The molecule has 0 fully saturated rings. The van der Waals surface area contributed by atoms with E-state index in [0.717, 1.165) is 6.42 Å². The normalized spacial score (nSPS) is 10.4. The molecule has 3 N–H and O–H groups in total. The molecule has 112 valence electrons. The third-order valence-corrected chi connectivity index (χ3v) is 3.79. The van der Waals surface area contributed by atoms with E-state index in [1.807, 2.05) is 6.92 Å². The van der Waals surface area contributed by atoms with Crippen molar-refractivity contribution in [3.05, 3.63) is 34.3 Å². The van der Waals surface area contributed by atoms with Crippen molar-refractivity contribution >= 4 is 34.6 Å². The van der Waals surface area contributed by atoms with Crippen LogP contribution < -0.4 is 11.1 Å². The summed E-state index contributed by atoms with van der Waals surface area (Å²) in [5.74, 6) is -0.771. The molecule has 0 atom stereocenters. The van der Waals surface area contributed by atoms with Crippen LogP contribution in [-0.4, -0.2) is 23.6 Å². The number of hydrogen-bond acceptors (Lipinski definition) is 5. The minimum absolute atomic E-state index is 0.302. The molecule has 0 radical (unpaired) electrons. The predicted octanol–water partition coefficient (Wildman–Crippen LogP) is 2.58. The molecule has 2 aromatic rings. The zero-order valence-corrected chi connectivity index (χ0v) is 12.7. The first kappa shape index (κ1) is 15.1. The maximum atomic E-state index is 12.3. The summed E-state index contributed by atoms with van der Waals surface area (Å²) >= 11 is 1.22. The molecule has 0 aliphatic rings. The summed E-state index contributed by atoms with van der Waals surface area (Å²) in [5, 5.41) is 4.45. The SMILES string of the molecule is CCCn1cc(N)cc1C(=O)Nc1ccsc1C(=O)OC. The number of ether oxygens (including phenoxy) is 1. The number of aryl methyl sites for hydroxylation is 1. The number of methoxy groups -OCH3 is 1. The number of nitrogens with one attached hydrogen (secondary N) is 1. The third-order valence-electron chi connectivity index (χ3n) is 2.90. The van der Waals surface area contributed by atoms with Crippen LogP contribution in [0.4, 0.5) is 11.4 Å². The number of hydrogen-bond donors (Lipinski definition) is 2. The number of esters is 1. The Morgan fingerprint density at radius 1 is 1.48 bits per heavy atom. The summed E-state index contributed by atoms with van der Waals surface area (Å²) in [6.07, 6.45) is 2.62. The van der Waals surface area contributed by atoms with Gasteiger partial charge in [0.1, 0.15) is 10.6 Å². The Morgan fingerprint density at radius 2 is 2.24 bits per heavy atom. The van der Waals surface area contributed by atoms with E-state index in [1.165, 1.54) is 18.4 Å². The smallest absolute Gasteiger partial charge is 0.350 e. The second-order valence-corrected chi connectivity index (χ2v) is 5.38. The molecule has 7 heteroatoms. The van der Waals surface area contributed by atoms with Crippen molar-refractivity contribution in [2.45, 2.75) is 19.9 Å². The molecular formula is C14H17N3O3S. The molecule has 1 amide bonds. The maximum Gasteiger partial charge on any atom is 0.350 e. The molecule has 0 aromatic carbocycles. The van der Waals surface area contributed by atoms with Crippen molar-refractivity contribution in [2.75, 3.05) is 18.2 Å². The average Bonchev–Trinajstić information content (AvgIpc) is 3.05. The lowest BCUT2D eigenvalue weighted by Crippen LogP contribution is -2.18. The number of anilines is 2. The molecule has 0 saturated heterocycles. The van der Waals surface area contributed by atoms with E-state index in [1.54, 1.807) is 28.3 Å². The Kier molecular flexibility index (Phi) is 4.64.